The maximum atomic E-state index is 10.8. The third-order valence-corrected chi connectivity index (χ3v) is 5.36. The van der Waals surface area contributed by atoms with Crippen molar-refractivity contribution >= 4 is 17.7 Å². The van der Waals surface area contributed by atoms with E-state index >= 15 is 0 Å². The van der Waals surface area contributed by atoms with Crippen LogP contribution in [-0.2, 0) is 11.2 Å². The van der Waals surface area contributed by atoms with Gasteiger partial charge in [-0.15, -0.1) is 10.2 Å². The Bertz CT molecular complexity index is 519. The molecule has 2 unspecified atom stereocenters. The lowest BCUT2D eigenvalue weighted by atomic mass is 10.1. The highest BCUT2D eigenvalue weighted by Gasteiger charge is 2.40. The monoisotopic (exact) mass is 310 g/mol. The fraction of sp³-hybridized carbons (Fsp3) is 0.786. The van der Waals surface area contributed by atoms with Crippen molar-refractivity contribution in [3.05, 3.63) is 5.82 Å². The maximum Gasteiger partial charge on any atom is 0.313 e. The second-order valence-electron chi connectivity index (χ2n) is 5.80. The van der Waals surface area contributed by atoms with Gasteiger partial charge in [-0.25, -0.2) is 0 Å². The van der Waals surface area contributed by atoms with E-state index in [4.69, 9.17) is 5.11 Å². The van der Waals surface area contributed by atoms with Crippen LogP contribution in [0.5, 0.6) is 0 Å². The number of rotatable bonds is 6. The van der Waals surface area contributed by atoms with E-state index in [1.165, 1.54) is 31.1 Å². The van der Waals surface area contributed by atoms with Crippen molar-refractivity contribution in [2.45, 2.75) is 56.3 Å². The van der Waals surface area contributed by atoms with E-state index in [0.29, 0.717) is 12.1 Å². The van der Waals surface area contributed by atoms with Gasteiger partial charge in [0.05, 0.1) is 11.8 Å². The highest BCUT2D eigenvalue weighted by atomic mass is 32.2. The van der Waals surface area contributed by atoms with E-state index in [1.807, 2.05) is 0 Å². The van der Waals surface area contributed by atoms with Crippen molar-refractivity contribution in [3.63, 3.8) is 0 Å². The van der Waals surface area contributed by atoms with Gasteiger partial charge in [0.2, 0.25) is 0 Å². The lowest BCUT2D eigenvalue weighted by molar-refractivity contribution is -0.133. The molecule has 116 valence electrons. The molecule has 2 atom stereocenters. The zero-order valence-electron chi connectivity index (χ0n) is 12.4. The molecule has 3 heterocycles. The number of aryl methyl sites for hydroxylation is 1. The van der Waals surface area contributed by atoms with Gasteiger partial charge in [0.25, 0.3) is 0 Å². The van der Waals surface area contributed by atoms with Gasteiger partial charge in [-0.1, -0.05) is 18.7 Å². The van der Waals surface area contributed by atoms with Gasteiger partial charge in [0.1, 0.15) is 5.82 Å². The predicted molar refractivity (Wildman–Crippen MR) is 80.6 cm³/mol. The maximum absolute atomic E-state index is 10.8. The molecule has 21 heavy (non-hydrogen) atoms. The molecule has 1 aromatic rings. The van der Waals surface area contributed by atoms with Crippen LogP contribution in [0.1, 0.15) is 44.5 Å². The predicted octanol–water partition coefficient (Wildman–Crippen LogP) is 1.82. The number of hydrogen-bond donors (Lipinski definition) is 1. The molecule has 3 rings (SSSR count). The lowest BCUT2D eigenvalue weighted by Crippen LogP contribution is -2.28. The highest BCUT2D eigenvalue weighted by Crippen LogP contribution is 2.38. The molecule has 2 aliphatic rings. The largest absolute Gasteiger partial charge is 0.481 e. The first-order valence-corrected chi connectivity index (χ1v) is 8.71. The summed E-state index contributed by atoms with van der Waals surface area (Å²) >= 11 is 1.29. The topological polar surface area (TPSA) is 71.2 Å². The van der Waals surface area contributed by atoms with Crippen molar-refractivity contribution in [2.24, 2.45) is 0 Å². The zero-order valence-corrected chi connectivity index (χ0v) is 13.2. The van der Waals surface area contributed by atoms with Crippen molar-refractivity contribution < 1.29 is 9.90 Å². The smallest absolute Gasteiger partial charge is 0.313 e. The van der Waals surface area contributed by atoms with Gasteiger partial charge in [-0.05, 0) is 32.2 Å². The van der Waals surface area contributed by atoms with Crippen LogP contribution in [0.15, 0.2) is 5.16 Å². The Balaban J connectivity index is 1.86. The molecule has 0 saturated carbocycles. The number of aromatic nitrogens is 3. The van der Waals surface area contributed by atoms with Gasteiger partial charge < -0.3 is 9.67 Å². The van der Waals surface area contributed by atoms with Crippen molar-refractivity contribution in [1.82, 2.24) is 19.7 Å². The number of carbonyl (C=O) groups is 1. The van der Waals surface area contributed by atoms with Gasteiger partial charge in [0, 0.05) is 19.0 Å². The summed E-state index contributed by atoms with van der Waals surface area (Å²) in [5.41, 5.74) is 0. The van der Waals surface area contributed by atoms with Crippen LogP contribution in [-0.4, -0.2) is 55.6 Å². The molecule has 7 heteroatoms. The average Bonchev–Trinajstić information content (AvgIpc) is 3.12. The van der Waals surface area contributed by atoms with Gasteiger partial charge >= 0.3 is 5.97 Å². The lowest BCUT2D eigenvalue weighted by Gasteiger charge is -2.23. The van der Waals surface area contributed by atoms with E-state index in [9.17, 15) is 4.79 Å². The summed E-state index contributed by atoms with van der Waals surface area (Å²) in [6.07, 6.45) is 5.56. The van der Waals surface area contributed by atoms with Crippen LogP contribution in [0.4, 0.5) is 0 Å². The standard InChI is InChI=1S/C14H22N4O2S/c1-2-4-12-15-16-14(21-9-13(19)20)18(12)11-6-8-17-7-3-5-10(11)17/h10-11H,2-9H2,1H3,(H,19,20). The number of carboxylic acids is 1. The minimum absolute atomic E-state index is 0.0470. The van der Waals surface area contributed by atoms with E-state index in [-0.39, 0.29) is 5.75 Å². The summed E-state index contributed by atoms with van der Waals surface area (Å²) in [6.45, 7) is 4.48. The zero-order chi connectivity index (χ0) is 14.8. The van der Waals surface area contributed by atoms with Gasteiger partial charge in [-0.2, -0.15) is 0 Å². The molecular weight excluding hydrogens is 288 g/mol. The molecule has 6 nitrogen and oxygen atoms in total. The number of nitrogens with zero attached hydrogens (tertiary/aromatic N) is 4. The number of aliphatic carboxylic acids is 1. The molecule has 2 saturated heterocycles. The SMILES string of the molecule is CCCc1nnc(SCC(=O)O)n1C1CCN2CCCC12. The van der Waals surface area contributed by atoms with E-state index in [1.54, 1.807) is 0 Å². The summed E-state index contributed by atoms with van der Waals surface area (Å²) in [6, 6.07) is 1.00. The normalized spacial score (nSPS) is 25.4. The molecule has 0 spiro atoms. The number of thioether (sulfide) groups is 1. The summed E-state index contributed by atoms with van der Waals surface area (Å²) in [5.74, 6) is 0.260. The first-order valence-electron chi connectivity index (χ1n) is 7.73. The molecule has 0 radical (unpaired) electrons. The molecule has 0 amide bonds. The summed E-state index contributed by atoms with van der Waals surface area (Å²) in [5, 5.41) is 18.3. The van der Waals surface area contributed by atoms with E-state index in [2.05, 4.69) is 26.6 Å². The molecule has 0 aliphatic carbocycles. The summed E-state index contributed by atoms with van der Waals surface area (Å²) in [4.78, 5) is 13.4. The molecule has 0 bridgehead atoms. The van der Waals surface area contributed by atoms with Gasteiger partial charge in [-0.3, -0.25) is 9.69 Å². The number of fused-ring (bicyclic) bond motifs is 1. The Hall–Kier alpha value is -1.08. The quantitative estimate of drug-likeness (QED) is 0.808. The first kappa shape index (κ1) is 14.8. The fourth-order valence-corrected chi connectivity index (χ4v) is 4.35. The third-order valence-electron chi connectivity index (χ3n) is 4.44. The first-order chi connectivity index (χ1) is 10.2. The van der Waals surface area contributed by atoms with Crippen LogP contribution < -0.4 is 0 Å². The minimum Gasteiger partial charge on any atom is -0.481 e. The molecule has 2 aliphatic heterocycles. The minimum atomic E-state index is -0.805. The Labute approximate surface area is 128 Å². The molecular formula is C14H22N4O2S. The van der Waals surface area contributed by atoms with Crippen molar-refractivity contribution in [2.75, 3.05) is 18.8 Å². The molecule has 1 N–H and O–H groups in total. The van der Waals surface area contributed by atoms with Crippen LogP contribution in [0, 0.1) is 0 Å². The second kappa shape index (κ2) is 6.36. The van der Waals surface area contributed by atoms with Crippen LogP contribution in [0.3, 0.4) is 0 Å². The Morgan fingerprint density at radius 3 is 2.95 bits per heavy atom. The highest BCUT2D eigenvalue weighted by molar-refractivity contribution is 7.99. The average molecular weight is 310 g/mol. The van der Waals surface area contributed by atoms with Crippen LogP contribution >= 0.6 is 11.8 Å². The Kier molecular flexibility index (Phi) is 4.49. The second-order valence-corrected chi connectivity index (χ2v) is 6.75. The van der Waals surface area contributed by atoms with Crippen LogP contribution in [0.25, 0.3) is 0 Å². The number of carboxylic acid groups (broad SMARTS) is 1. The number of hydrogen-bond acceptors (Lipinski definition) is 5. The fourth-order valence-electron chi connectivity index (χ4n) is 3.62. The van der Waals surface area contributed by atoms with E-state index in [0.717, 1.165) is 36.8 Å². The Morgan fingerprint density at radius 2 is 2.19 bits per heavy atom. The summed E-state index contributed by atoms with van der Waals surface area (Å²) < 4.78 is 2.24. The van der Waals surface area contributed by atoms with Crippen LogP contribution in [0.2, 0.25) is 0 Å². The molecule has 0 aromatic carbocycles. The Morgan fingerprint density at radius 1 is 1.33 bits per heavy atom. The molecule has 1 aromatic heterocycles. The van der Waals surface area contributed by atoms with Gasteiger partial charge in [0.15, 0.2) is 5.16 Å². The summed E-state index contributed by atoms with van der Waals surface area (Å²) in [7, 11) is 0. The van der Waals surface area contributed by atoms with Crippen molar-refractivity contribution in [1.29, 1.82) is 0 Å². The third kappa shape index (κ3) is 2.94. The van der Waals surface area contributed by atoms with E-state index < -0.39 is 5.97 Å². The van der Waals surface area contributed by atoms with Crippen molar-refractivity contribution in [3.8, 4) is 0 Å². The molecule has 2 fully saturated rings.